The SMILES string of the molecule is CCCCCCCCCCCCCC/C=C/C(O)C(CO)NC(=O)CCCCCCCCCCCCCCCC/C=C\CCCCCCCCCCCCCCOC(=O)CCCCCCCCCCCCCCCCCCC. The molecule has 1 amide bonds. The third-order valence-electron chi connectivity index (χ3n) is 16.7. The minimum atomic E-state index is -0.843. The van der Waals surface area contributed by atoms with Gasteiger partial charge in [0.05, 0.1) is 25.4 Å². The van der Waals surface area contributed by atoms with Gasteiger partial charge in [0.25, 0.3) is 0 Å². The zero-order valence-electron chi connectivity index (χ0n) is 52.9. The highest BCUT2D eigenvalue weighted by molar-refractivity contribution is 5.76. The number of esters is 1. The maximum atomic E-state index is 12.5. The van der Waals surface area contributed by atoms with E-state index in [-0.39, 0.29) is 18.5 Å². The van der Waals surface area contributed by atoms with Gasteiger partial charge in [0.2, 0.25) is 5.91 Å². The van der Waals surface area contributed by atoms with Crippen molar-refractivity contribution in [1.29, 1.82) is 0 Å². The lowest BCUT2D eigenvalue weighted by molar-refractivity contribution is -0.143. The summed E-state index contributed by atoms with van der Waals surface area (Å²) in [4.78, 5) is 24.6. The molecule has 462 valence electrons. The minimum Gasteiger partial charge on any atom is -0.466 e. The molecule has 2 unspecified atom stereocenters. The molecule has 6 nitrogen and oxygen atoms in total. The molecule has 0 aliphatic heterocycles. The van der Waals surface area contributed by atoms with Gasteiger partial charge in [0, 0.05) is 12.8 Å². The van der Waals surface area contributed by atoms with Crippen molar-refractivity contribution < 1.29 is 24.5 Å². The molecule has 78 heavy (non-hydrogen) atoms. The van der Waals surface area contributed by atoms with Gasteiger partial charge in [-0.15, -0.1) is 0 Å². The Bertz CT molecular complexity index is 1220. The van der Waals surface area contributed by atoms with Crippen LogP contribution in [0.25, 0.3) is 0 Å². The quantitative estimate of drug-likeness (QED) is 0.0320. The molecular weight excluding hydrogens is 959 g/mol. The zero-order chi connectivity index (χ0) is 56.4. The predicted octanol–water partition coefficient (Wildman–Crippen LogP) is 22.9. The van der Waals surface area contributed by atoms with Crippen molar-refractivity contribution in [3.63, 3.8) is 0 Å². The van der Waals surface area contributed by atoms with Gasteiger partial charge in [-0.05, 0) is 57.8 Å². The van der Waals surface area contributed by atoms with Crippen molar-refractivity contribution in [3.05, 3.63) is 24.3 Å². The van der Waals surface area contributed by atoms with Gasteiger partial charge in [-0.3, -0.25) is 9.59 Å². The Hall–Kier alpha value is -1.66. The smallest absolute Gasteiger partial charge is 0.305 e. The molecule has 0 saturated heterocycles. The second kappa shape index (κ2) is 67.8. The van der Waals surface area contributed by atoms with E-state index in [1.54, 1.807) is 6.08 Å². The van der Waals surface area contributed by atoms with Gasteiger partial charge in [0.15, 0.2) is 0 Å². The van der Waals surface area contributed by atoms with E-state index < -0.39 is 12.1 Å². The highest BCUT2D eigenvalue weighted by Gasteiger charge is 2.18. The van der Waals surface area contributed by atoms with Crippen LogP contribution in [0, 0.1) is 0 Å². The van der Waals surface area contributed by atoms with Crippen LogP contribution >= 0.6 is 0 Å². The summed E-state index contributed by atoms with van der Waals surface area (Å²) in [6, 6.07) is -0.626. The van der Waals surface area contributed by atoms with E-state index in [0.29, 0.717) is 19.4 Å². The summed E-state index contributed by atoms with van der Waals surface area (Å²) >= 11 is 0. The maximum absolute atomic E-state index is 12.5. The summed E-state index contributed by atoms with van der Waals surface area (Å²) in [6.45, 7) is 4.94. The molecule has 0 heterocycles. The lowest BCUT2D eigenvalue weighted by Crippen LogP contribution is -2.45. The van der Waals surface area contributed by atoms with Crippen LogP contribution in [-0.2, 0) is 14.3 Å². The molecule has 0 fully saturated rings. The van der Waals surface area contributed by atoms with Crippen molar-refractivity contribution in [2.24, 2.45) is 0 Å². The Balaban J connectivity index is 3.35. The number of hydrogen-bond donors (Lipinski definition) is 3. The summed E-state index contributed by atoms with van der Waals surface area (Å²) in [6.07, 6.45) is 85.5. The fourth-order valence-electron chi connectivity index (χ4n) is 11.3. The van der Waals surface area contributed by atoms with Gasteiger partial charge >= 0.3 is 5.97 Å². The molecular formula is C72H139NO5. The number of unbranched alkanes of at least 4 members (excludes halogenated alkanes) is 54. The first-order chi connectivity index (χ1) is 38.5. The number of amides is 1. The third-order valence-corrected chi connectivity index (χ3v) is 16.7. The lowest BCUT2D eigenvalue weighted by atomic mass is 10.0. The maximum Gasteiger partial charge on any atom is 0.305 e. The van der Waals surface area contributed by atoms with Crippen LogP contribution in [0.5, 0.6) is 0 Å². The first-order valence-electron chi connectivity index (χ1n) is 35.6. The van der Waals surface area contributed by atoms with Crippen LogP contribution in [0.4, 0.5) is 0 Å². The molecule has 0 aromatic rings. The number of aliphatic hydroxyl groups is 2. The molecule has 6 heteroatoms. The molecule has 0 rings (SSSR count). The first-order valence-corrected chi connectivity index (χ1v) is 35.6. The average molecular weight is 1100 g/mol. The highest BCUT2D eigenvalue weighted by atomic mass is 16.5. The number of ether oxygens (including phenoxy) is 1. The molecule has 0 bridgehead atoms. The molecule has 0 aliphatic rings. The fourth-order valence-corrected chi connectivity index (χ4v) is 11.3. The van der Waals surface area contributed by atoms with Gasteiger partial charge in [-0.25, -0.2) is 0 Å². The number of hydrogen-bond acceptors (Lipinski definition) is 5. The van der Waals surface area contributed by atoms with E-state index in [1.807, 2.05) is 6.08 Å². The van der Waals surface area contributed by atoms with Crippen LogP contribution in [0.2, 0.25) is 0 Å². The molecule has 0 aromatic heterocycles. The third kappa shape index (κ3) is 63.5. The van der Waals surface area contributed by atoms with Crippen molar-refractivity contribution in [3.8, 4) is 0 Å². The van der Waals surface area contributed by atoms with E-state index in [0.717, 1.165) is 38.5 Å². The zero-order valence-corrected chi connectivity index (χ0v) is 52.9. The van der Waals surface area contributed by atoms with E-state index in [4.69, 9.17) is 4.74 Å². The van der Waals surface area contributed by atoms with Crippen molar-refractivity contribution in [2.75, 3.05) is 13.2 Å². The molecule has 0 spiro atoms. The molecule has 0 saturated carbocycles. The molecule has 3 N–H and O–H groups in total. The molecule has 2 atom stereocenters. The summed E-state index contributed by atoms with van der Waals surface area (Å²) in [5.74, 6) is -0.0430. The van der Waals surface area contributed by atoms with Gasteiger partial charge in [0.1, 0.15) is 0 Å². The number of nitrogens with one attached hydrogen (secondary N) is 1. The highest BCUT2D eigenvalue weighted by Crippen LogP contribution is 2.19. The van der Waals surface area contributed by atoms with Crippen molar-refractivity contribution in [1.82, 2.24) is 5.32 Å². The number of carbonyl (C=O) groups excluding carboxylic acids is 2. The topological polar surface area (TPSA) is 95.9 Å². The fraction of sp³-hybridized carbons (Fsp3) is 0.917. The number of aliphatic hydroxyl groups excluding tert-OH is 2. The lowest BCUT2D eigenvalue weighted by Gasteiger charge is -2.20. The second-order valence-corrected chi connectivity index (χ2v) is 24.6. The van der Waals surface area contributed by atoms with Crippen LogP contribution < -0.4 is 5.32 Å². The van der Waals surface area contributed by atoms with Crippen molar-refractivity contribution >= 4 is 11.9 Å². The van der Waals surface area contributed by atoms with Crippen LogP contribution in [0.15, 0.2) is 24.3 Å². The predicted molar refractivity (Wildman–Crippen MR) is 343 cm³/mol. The van der Waals surface area contributed by atoms with E-state index in [9.17, 15) is 19.8 Å². The Morgan fingerprint density at radius 3 is 0.910 bits per heavy atom. The first kappa shape index (κ1) is 76.3. The Labute approximate surface area is 488 Å². The Morgan fingerprint density at radius 1 is 0.346 bits per heavy atom. The summed E-state index contributed by atoms with van der Waals surface area (Å²) in [7, 11) is 0. The summed E-state index contributed by atoms with van der Waals surface area (Å²) < 4.78 is 5.51. The largest absolute Gasteiger partial charge is 0.466 e. The van der Waals surface area contributed by atoms with Crippen molar-refractivity contribution in [2.45, 2.75) is 411 Å². The standard InChI is InChI=1S/C72H139NO5/c1-3-5-7-9-11-13-15-17-19-34-38-42-46-50-54-58-62-66-72(77)78-67-63-59-55-51-47-43-39-36-33-31-29-27-25-23-21-20-22-24-26-28-30-32-35-37-41-45-49-53-57-61-65-71(76)73-69(68-74)70(75)64-60-56-52-48-44-40-18-16-14-12-10-8-6-4-2/h21,23,60,64,69-70,74-75H,3-20,22,24-59,61-63,65-68H2,1-2H3,(H,73,76)/b23-21-,64-60+. The summed E-state index contributed by atoms with van der Waals surface area (Å²) in [5.41, 5.74) is 0. The average Bonchev–Trinajstić information content (AvgIpc) is 3.44. The van der Waals surface area contributed by atoms with E-state index in [2.05, 4.69) is 31.3 Å². The normalized spacial score (nSPS) is 12.6. The second-order valence-electron chi connectivity index (χ2n) is 24.6. The van der Waals surface area contributed by atoms with E-state index in [1.165, 1.54) is 334 Å². The molecule has 0 aliphatic carbocycles. The minimum absolute atomic E-state index is 0.0214. The summed E-state index contributed by atoms with van der Waals surface area (Å²) in [5, 5.41) is 23.1. The molecule has 0 radical (unpaired) electrons. The van der Waals surface area contributed by atoms with Gasteiger partial charge in [-0.1, -0.05) is 353 Å². The monoisotopic (exact) mass is 1100 g/mol. The van der Waals surface area contributed by atoms with E-state index >= 15 is 0 Å². The van der Waals surface area contributed by atoms with Crippen LogP contribution in [0.3, 0.4) is 0 Å². The van der Waals surface area contributed by atoms with Crippen LogP contribution in [-0.4, -0.2) is 47.4 Å². The van der Waals surface area contributed by atoms with Crippen LogP contribution in [0.1, 0.15) is 399 Å². The Morgan fingerprint density at radius 2 is 0.603 bits per heavy atom. The Kier molecular flexibility index (Phi) is 66.4. The number of allylic oxidation sites excluding steroid dienone is 3. The molecule has 0 aromatic carbocycles. The van der Waals surface area contributed by atoms with Gasteiger partial charge in [-0.2, -0.15) is 0 Å². The number of rotatable bonds is 67. The van der Waals surface area contributed by atoms with Gasteiger partial charge < -0.3 is 20.3 Å². The number of carbonyl (C=O) groups is 2.